The van der Waals surface area contributed by atoms with Crippen LogP contribution in [0, 0.1) is 6.92 Å². The Balaban J connectivity index is 1.58. The second-order valence-corrected chi connectivity index (χ2v) is 7.70. The van der Waals surface area contributed by atoms with E-state index in [4.69, 9.17) is 0 Å². The minimum absolute atomic E-state index is 0.0566. The predicted octanol–water partition coefficient (Wildman–Crippen LogP) is 3.33. The monoisotopic (exact) mass is 429 g/mol. The minimum atomic E-state index is -0.303. The number of pyridine rings is 1. The van der Waals surface area contributed by atoms with Crippen molar-refractivity contribution in [1.29, 1.82) is 0 Å². The van der Waals surface area contributed by atoms with E-state index in [0.29, 0.717) is 21.7 Å². The first-order valence-corrected chi connectivity index (χ1v) is 10.5. The number of amides is 1. The van der Waals surface area contributed by atoms with E-state index >= 15 is 0 Å². The van der Waals surface area contributed by atoms with Gasteiger partial charge >= 0.3 is 0 Å². The molecule has 0 aliphatic heterocycles. The van der Waals surface area contributed by atoms with E-state index in [1.165, 1.54) is 18.0 Å². The first kappa shape index (κ1) is 20.5. The lowest BCUT2D eigenvalue weighted by atomic mass is 10.2. The number of fused-ring (bicyclic) bond motifs is 1. The van der Waals surface area contributed by atoms with Crippen LogP contribution >= 0.6 is 11.8 Å². The molecule has 0 saturated heterocycles. The van der Waals surface area contributed by atoms with Crippen LogP contribution in [0.25, 0.3) is 16.6 Å². The summed E-state index contributed by atoms with van der Waals surface area (Å²) in [5.74, 6) is -0.246. The molecule has 0 unspecified atom stereocenters. The Morgan fingerprint density at radius 2 is 1.94 bits per heavy atom. The Morgan fingerprint density at radius 3 is 2.71 bits per heavy atom. The molecule has 0 radical (unpaired) electrons. The van der Waals surface area contributed by atoms with E-state index in [9.17, 15) is 9.59 Å². The van der Waals surface area contributed by atoms with Gasteiger partial charge in [-0.25, -0.2) is 10.4 Å². The Labute approximate surface area is 182 Å². The topological polar surface area (TPSA) is 89.2 Å². The van der Waals surface area contributed by atoms with Crippen molar-refractivity contribution in [3.05, 3.63) is 94.5 Å². The molecular formula is C23H19N5O2S. The maximum Gasteiger partial charge on any atom is 0.266 e. The minimum Gasteiger partial charge on any atom is -0.272 e. The molecule has 0 bridgehead atoms. The molecule has 2 heterocycles. The number of carbonyl (C=O) groups excluding carboxylic acids is 1. The van der Waals surface area contributed by atoms with E-state index in [0.717, 1.165) is 11.1 Å². The molecule has 8 heteroatoms. The fourth-order valence-corrected chi connectivity index (χ4v) is 3.73. The first-order valence-electron chi connectivity index (χ1n) is 9.55. The summed E-state index contributed by atoms with van der Waals surface area (Å²) >= 11 is 1.18. The van der Waals surface area contributed by atoms with Crippen molar-refractivity contribution in [3.63, 3.8) is 0 Å². The Bertz CT molecular complexity index is 1300. The fourth-order valence-electron chi connectivity index (χ4n) is 2.92. The van der Waals surface area contributed by atoms with Gasteiger partial charge in [-0.15, -0.1) is 0 Å². The van der Waals surface area contributed by atoms with Gasteiger partial charge in [0.05, 0.1) is 28.6 Å². The van der Waals surface area contributed by atoms with E-state index in [1.54, 1.807) is 35.2 Å². The smallest absolute Gasteiger partial charge is 0.266 e. The lowest BCUT2D eigenvalue weighted by molar-refractivity contribution is -0.118. The molecular weight excluding hydrogens is 410 g/mol. The Morgan fingerprint density at radius 1 is 1.13 bits per heavy atom. The molecule has 0 spiro atoms. The van der Waals surface area contributed by atoms with Gasteiger partial charge in [-0.3, -0.25) is 19.1 Å². The lowest BCUT2D eigenvalue weighted by Crippen LogP contribution is -2.24. The third-order valence-electron chi connectivity index (χ3n) is 4.46. The van der Waals surface area contributed by atoms with Crippen molar-refractivity contribution in [3.8, 4) is 5.69 Å². The van der Waals surface area contributed by atoms with E-state index in [-0.39, 0.29) is 17.2 Å². The van der Waals surface area contributed by atoms with Crippen LogP contribution in [-0.4, -0.2) is 32.4 Å². The second-order valence-electron chi connectivity index (χ2n) is 6.76. The van der Waals surface area contributed by atoms with Crippen LogP contribution in [0.3, 0.4) is 0 Å². The molecule has 0 saturated carbocycles. The molecule has 4 aromatic rings. The highest BCUT2D eigenvalue weighted by Crippen LogP contribution is 2.21. The van der Waals surface area contributed by atoms with Crippen LogP contribution in [-0.2, 0) is 4.79 Å². The average molecular weight is 430 g/mol. The van der Waals surface area contributed by atoms with Gasteiger partial charge < -0.3 is 0 Å². The molecule has 7 nitrogen and oxygen atoms in total. The number of benzene rings is 2. The standard InChI is InChI=1S/C23H19N5O2S/c1-16-8-10-18(11-9-16)28-22(30)19-6-2-3-7-20(19)26-23(28)31-15-21(29)27-25-14-17-5-4-12-24-13-17/h2-14H,15H2,1H3,(H,27,29). The van der Waals surface area contributed by atoms with Crippen molar-refractivity contribution < 1.29 is 4.79 Å². The molecule has 0 aliphatic carbocycles. The van der Waals surface area contributed by atoms with Crippen LogP contribution in [0.2, 0.25) is 0 Å². The number of aryl methyl sites for hydroxylation is 1. The number of hydrogen-bond donors (Lipinski definition) is 1. The van der Waals surface area contributed by atoms with Crippen molar-refractivity contribution in [1.82, 2.24) is 20.0 Å². The highest BCUT2D eigenvalue weighted by molar-refractivity contribution is 7.99. The third kappa shape index (κ3) is 4.87. The zero-order valence-corrected chi connectivity index (χ0v) is 17.5. The van der Waals surface area contributed by atoms with Gasteiger partial charge in [0.15, 0.2) is 5.16 Å². The predicted molar refractivity (Wildman–Crippen MR) is 123 cm³/mol. The summed E-state index contributed by atoms with van der Waals surface area (Å²) in [7, 11) is 0. The molecule has 2 aromatic carbocycles. The van der Waals surface area contributed by atoms with E-state index < -0.39 is 0 Å². The molecule has 0 fully saturated rings. The number of para-hydroxylation sites is 1. The summed E-state index contributed by atoms with van der Waals surface area (Å²) in [5, 5.41) is 4.91. The van der Waals surface area contributed by atoms with Crippen molar-refractivity contribution in [2.75, 3.05) is 5.75 Å². The number of carbonyl (C=O) groups is 1. The molecule has 0 atom stereocenters. The molecule has 4 rings (SSSR count). The number of nitrogens with zero attached hydrogens (tertiary/aromatic N) is 4. The maximum absolute atomic E-state index is 13.2. The first-order chi connectivity index (χ1) is 15.1. The third-order valence-corrected chi connectivity index (χ3v) is 5.40. The fraction of sp³-hybridized carbons (Fsp3) is 0.0870. The quantitative estimate of drug-likeness (QED) is 0.220. The summed E-state index contributed by atoms with van der Waals surface area (Å²) in [6, 6.07) is 18.4. The van der Waals surface area contributed by atoms with Gasteiger partial charge in [-0.05, 0) is 37.3 Å². The maximum atomic E-state index is 13.2. The largest absolute Gasteiger partial charge is 0.272 e. The Hall–Kier alpha value is -3.78. The number of hydrogen-bond acceptors (Lipinski definition) is 6. The van der Waals surface area contributed by atoms with Crippen LogP contribution in [0.15, 0.2) is 88.1 Å². The van der Waals surface area contributed by atoms with Crippen LogP contribution in [0.1, 0.15) is 11.1 Å². The number of aromatic nitrogens is 3. The zero-order chi connectivity index (χ0) is 21.6. The van der Waals surface area contributed by atoms with Gasteiger partial charge in [0.1, 0.15) is 0 Å². The highest BCUT2D eigenvalue weighted by Gasteiger charge is 2.14. The number of thioether (sulfide) groups is 1. The summed E-state index contributed by atoms with van der Waals surface area (Å²) in [6.07, 6.45) is 4.83. The SMILES string of the molecule is Cc1ccc(-n2c(SCC(=O)NN=Cc3cccnc3)nc3ccccc3c2=O)cc1. The molecule has 2 aromatic heterocycles. The van der Waals surface area contributed by atoms with Crippen LogP contribution in [0.4, 0.5) is 0 Å². The summed E-state index contributed by atoms with van der Waals surface area (Å²) in [4.78, 5) is 34.1. The van der Waals surface area contributed by atoms with Gasteiger partial charge in [0, 0.05) is 18.0 Å². The van der Waals surface area contributed by atoms with Gasteiger partial charge in [0.25, 0.3) is 11.5 Å². The van der Waals surface area contributed by atoms with Crippen molar-refractivity contribution >= 4 is 34.8 Å². The summed E-state index contributed by atoms with van der Waals surface area (Å²) < 4.78 is 1.54. The van der Waals surface area contributed by atoms with E-state index in [2.05, 4.69) is 20.5 Å². The average Bonchev–Trinajstić information content (AvgIpc) is 2.79. The van der Waals surface area contributed by atoms with Crippen LogP contribution < -0.4 is 11.0 Å². The zero-order valence-electron chi connectivity index (χ0n) is 16.7. The van der Waals surface area contributed by atoms with Gasteiger partial charge in [-0.2, -0.15) is 5.10 Å². The molecule has 1 N–H and O–H groups in total. The molecule has 154 valence electrons. The second kappa shape index (κ2) is 9.36. The van der Waals surface area contributed by atoms with Crippen molar-refractivity contribution in [2.45, 2.75) is 12.1 Å². The van der Waals surface area contributed by atoms with Gasteiger partial charge in [0.2, 0.25) is 0 Å². The van der Waals surface area contributed by atoms with Gasteiger partial charge in [-0.1, -0.05) is 47.7 Å². The van der Waals surface area contributed by atoms with E-state index in [1.807, 2.05) is 49.4 Å². The number of rotatable bonds is 6. The highest BCUT2D eigenvalue weighted by atomic mass is 32.2. The number of nitrogens with one attached hydrogen (secondary N) is 1. The number of hydrazone groups is 1. The Kier molecular flexibility index (Phi) is 6.18. The van der Waals surface area contributed by atoms with Crippen LogP contribution in [0.5, 0.6) is 0 Å². The van der Waals surface area contributed by atoms with Crippen molar-refractivity contribution in [2.24, 2.45) is 5.10 Å². The summed E-state index contributed by atoms with van der Waals surface area (Å²) in [5.41, 5.74) is 5.47. The molecule has 31 heavy (non-hydrogen) atoms. The molecule has 1 amide bonds. The summed E-state index contributed by atoms with van der Waals surface area (Å²) in [6.45, 7) is 1.98. The molecule has 0 aliphatic rings. The lowest BCUT2D eigenvalue weighted by Gasteiger charge is -2.13. The normalized spacial score (nSPS) is 11.1.